The summed E-state index contributed by atoms with van der Waals surface area (Å²) in [6.07, 6.45) is 1.08. The van der Waals surface area contributed by atoms with Crippen LogP contribution in [0.1, 0.15) is 23.6 Å². The van der Waals surface area contributed by atoms with Crippen LogP contribution in [0, 0.1) is 17.4 Å². The lowest BCUT2D eigenvalue weighted by molar-refractivity contribution is 1.13. The molecule has 2 aromatic rings. The van der Waals surface area contributed by atoms with E-state index in [-0.39, 0.29) is 0 Å². The molecule has 0 aliphatic carbocycles. The van der Waals surface area contributed by atoms with Gasteiger partial charge in [-0.25, -0.2) is 0 Å². The Morgan fingerprint density at radius 3 is 2.06 bits per heavy atom. The maximum atomic E-state index is 2.43. The van der Waals surface area contributed by atoms with Crippen LogP contribution in [0.5, 0.6) is 0 Å². The second-order valence-electron chi connectivity index (χ2n) is 4.50. The van der Waals surface area contributed by atoms with Crippen LogP contribution in [0.4, 0.5) is 0 Å². The molecule has 88 valence electrons. The van der Waals surface area contributed by atoms with Crippen molar-refractivity contribution in [3.63, 3.8) is 0 Å². The molecular formula is C16H17I. The van der Waals surface area contributed by atoms with E-state index in [9.17, 15) is 0 Å². The van der Waals surface area contributed by atoms with Crippen molar-refractivity contribution in [2.24, 2.45) is 0 Å². The third-order valence-corrected chi connectivity index (χ3v) is 3.95. The monoisotopic (exact) mass is 336 g/mol. The molecule has 2 rings (SSSR count). The van der Waals surface area contributed by atoms with E-state index in [1.165, 1.54) is 31.4 Å². The molecule has 0 radical (unpaired) electrons. The zero-order valence-electron chi connectivity index (χ0n) is 10.5. The number of benzene rings is 2. The largest absolute Gasteiger partial charge is 0.0613 e. The van der Waals surface area contributed by atoms with Gasteiger partial charge in [-0.1, -0.05) is 48.4 Å². The number of hydrogen-bond acceptors (Lipinski definition) is 0. The van der Waals surface area contributed by atoms with Crippen LogP contribution in [0.2, 0.25) is 0 Å². The van der Waals surface area contributed by atoms with Crippen molar-refractivity contribution in [2.45, 2.75) is 27.2 Å². The summed E-state index contributed by atoms with van der Waals surface area (Å²) >= 11 is 2.43. The summed E-state index contributed by atoms with van der Waals surface area (Å²) in [5, 5.41) is 0. The SMILES string of the molecule is CCc1cc(C)ccc1-c1ccc(C)cc1I. The molecule has 1 heteroatoms. The summed E-state index contributed by atoms with van der Waals surface area (Å²) in [4.78, 5) is 0. The van der Waals surface area contributed by atoms with Gasteiger partial charge in [0.2, 0.25) is 0 Å². The van der Waals surface area contributed by atoms with Gasteiger partial charge in [-0.3, -0.25) is 0 Å². The molecule has 0 spiro atoms. The van der Waals surface area contributed by atoms with E-state index in [2.05, 4.69) is 79.8 Å². The van der Waals surface area contributed by atoms with Crippen molar-refractivity contribution in [2.75, 3.05) is 0 Å². The first kappa shape index (κ1) is 12.6. The predicted molar refractivity (Wildman–Crippen MR) is 83.4 cm³/mol. The van der Waals surface area contributed by atoms with Crippen molar-refractivity contribution < 1.29 is 0 Å². The Bertz CT molecular complexity index is 541. The Morgan fingerprint density at radius 2 is 1.47 bits per heavy atom. The van der Waals surface area contributed by atoms with Gasteiger partial charge < -0.3 is 0 Å². The van der Waals surface area contributed by atoms with Crippen molar-refractivity contribution in [3.05, 3.63) is 56.7 Å². The third kappa shape index (κ3) is 2.71. The standard InChI is InChI=1S/C16H17I/c1-4-13-9-11(2)5-7-14(13)15-8-6-12(3)10-16(15)17/h5-10H,4H2,1-3H3. The average Bonchev–Trinajstić information content (AvgIpc) is 2.30. The topological polar surface area (TPSA) is 0 Å². The zero-order valence-corrected chi connectivity index (χ0v) is 12.7. The number of hydrogen-bond donors (Lipinski definition) is 0. The molecule has 0 nitrogen and oxygen atoms in total. The van der Waals surface area contributed by atoms with Crippen LogP contribution in [0.3, 0.4) is 0 Å². The van der Waals surface area contributed by atoms with Gasteiger partial charge in [0.25, 0.3) is 0 Å². The van der Waals surface area contributed by atoms with Gasteiger partial charge in [-0.2, -0.15) is 0 Å². The van der Waals surface area contributed by atoms with Crippen LogP contribution in [-0.4, -0.2) is 0 Å². The van der Waals surface area contributed by atoms with Gasteiger partial charge in [0.1, 0.15) is 0 Å². The van der Waals surface area contributed by atoms with Gasteiger partial charge in [0.05, 0.1) is 0 Å². The predicted octanol–water partition coefficient (Wildman–Crippen LogP) is 5.14. The first-order chi connectivity index (χ1) is 8.11. The molecule has 0 saturated heterocycles. The van der Waals surface area contributed by atoms with Crippen LogP contribution in [0.15, 0.2) is 36.4 Å². The molecule has 17 heavy (non-hydrogen) atoms. The van der Waals surface area contributed by atoms with E-state index in [1.54, 1.807) is 0 Å². The highest BCUT2D eigenvalue weighted by molar-refractivity contribution is 14.1. The Hall–Kier alpha value is -0.830. The molecule has 0 N–H and O–H groups in total. The molecule has 0 fully saturated rings. The lowest BCUT2D eigenvalue weighted by Crippen LogP contribution is -1.91. The lowest BCUT2D eigenvalue weighted by atomic mass is 9.96. The van der Waals surface area contributed by atoms with Crippen molar-refractivity contribution in [1.82, 2.24) is 0 Å². The molecule has 0 atom stereocenters. The summed E-state index contributed by atoms with van der Waals surface area (Å²) in [7, 11) is 0. The van der Waals surface area contributed by atoms with Crippen LogP contribution >= 0.6 is 22.6 Å². The van der Waals surface area contributed by atoms with Gasteiger partial charge in [-0.15, -0.1) is 0 Å². The maximum absolute atomic E-state index is 2.43. The Balaban J connectivity index is 2.60. The molecule has 0 aliphatic rings. The Kier molecular flexibility index (Phi) is 3.87. The summed E-state index contributed by atoms with van der Waals surface area (Å²) in [5.41, 5.74) is 6.83. The fourth-order valence-corrected chi connectivity index (χ4v) is 3.08. The van der Waals surface area contributed by atoms with E-state index in [0.29, 0.717) is 0 Å². The van der Waals surface area contributed by atoms with E-state index in [0.717, 1.165) is 6.42 Å². The van der Waals surface area contributed by atoms with Crippen LogP contribution < -0.4 is 0 Å². The van der Waals surface area contributed by atoms with Crippen molar-refractivity contribution in [1.29, 1.82) is 0 Å². The molecule has 0 heterocycles. The minimum Gasteiger partial charge on any atom is -0.0613 e. The van der Waals surface area contributed by atoms with Crippen molar-refractivity contribution in [3.8, 4) is 11.1 Å². The molecule has 0 amide bonds. The highest BCUT2D eigenvalue weighted by atomic mass is 127. The smallest absolute Gasteiger partial charge is 0.0211 e. The fraction of sp³-hybridized carbons (Fsp3) is 0.250. The van der Waals surface area contributed by atoms with Crippen LogP contribution in [-0.2, 0) is 6.42 Å². The number of rotatable bonds is 2. The summed E-state index contributed by atoms with van der Waals surface area (Å²) < 4.78 is 1.33. The highest BCUT2D eigenvalue weighted by Gasteiger charge is 2.07. The second-order valence-corrected chi connectivity index (χ2v) is 5.66. The van der Waals surface area contributed by atoms with Gasteiger partial charge in [0, 0.05) is 3.57 Å². The minimum atomic E-state index is 1.08. The average molecular weight is 336 g/mol. The zero-order chi connectivity index (χ0) is 12.4. The first-order valence-electron chi connectivity index (χ1n) is 5.98. The normalized spacial score (nSPS) is 10.6. The summed E-state index contributed by atoms with van der Waals surface area (Å²) in [6, 6.07) is 13.4. The molecule has 0 aromatic heterocycles. The van der Waals surface area contributed by atoms with Gasteiger partial charge in [0.15, 0.2) is 0 Å². The molecule has 0 bridgehead atoms. The second kappa shape index (κ2) is 5.21. The van der Waals surface area contributed by atoms with E-state index < -0.39 is 0 Å². The van der Waals surface area contributed by atoms with Crippen molar-refractivity contribution >= 4 is 22.6 Å². The number of halogens is 1. The highest BCUT2D eigenvalue weighted by Crippen LogP contribution is 2.30. The molecule has 0 aliphatic heterocycles. The lowest BCUT2D eigenvalue weighted by Gasteiger charge is -2.11. The maximum Gasteiger partial charge on any atom is 0.0211 e. The van der Waals surface area contributed by atoms with E-state index >= 15 is 0 Å². The minimum absolute atomic E-state index is 1.08. The molecule has 0 saturated carbocycles. The quantitative estimate of drug-likeness (QED) is 0.667. The first-order valence-corrected chi connectivity index (χ1v) is 7.05. The fourth-order valence-electron chi connectivity index (χ4n) is 2.12. The van der Waals surface area contributed by atoms with Crippen LogP contribution in [0.25, 0.3) is 11.1 Å². The Morgan fingerprint density at radius 1 is 0.882 bits per heavy atom. The molecule has 2 aromatic carbocycles. The van der Waals surface area contributed by atoms with E-state index in [4.69, 9.17) is 0 Å². The number of aryl methyl sites for hydroxylation is 3. The molecule has 0 unspecified atom stereocenters. The summed E-state index contributed by atoms with van der Waals surface area (Å²) in [5.74, 6) is 0. The third-order valence-electron chi connectivity index (χ3n) is 3.06. The summed E-state index contributed by atoms with van der Waals surface area (Å²) in [6.45, 7) is 6.52. The van der Waals surface area contributed by atoms with Gasteiger partial charge >= 0.3 is 0 Å². The van der Waals surface area contributed by atoms with Gasteiger partial charge in [-0.05, 0) is 65.6 Å². The molecular weight excluding hydrogens is 319 g/mol. The van der Waals surface area contributed by atoms with E-state index in [1.807, 2.05) is 0 Å². The Labute approximate surface area is 117 Å².